The van der Waals surface area contributed by atoms with Crippen LogP contribution in [0.3, 0.4) is 0 Å². The van der Waals surface area contributed by atoms with Gasteiger partial charge >= 0.3 is 0 Å². The van der Waals surface area contributed by atoms with E-state index < -0.39 is 0 Å². The van der Waals surface area contributed by atoms with Crippen molar-refractivity contribution < 1.29 is 9.53 Å². The van der Waals surface area contributed by atoms with E-state index in [-0.39, 0.29) is 12.5 Å². The Hall–Kier alpha value is -2.34. The first-order valence-electron chi connectivity index (χ1n) is 8.88. The number of hydrogen-bond donors (Lipinski definition) is 1. The molecular weight excluding hydrogens is 316 g/mol. The van der Waals surface area contributed by atoms with E-state index in [9.17, 15) is 4.79 Å². The normalized spacial score (nSPS) is 17.6. The number of likely N-dealkylation sites (N-methyl/N-ethyl adjacent to an activating group) is 1. The number of ether oxygens (including phenoxy) is 1. The van der Waals surface area contributed by atoms with Crippen molar-refractivity contribution in [3.05, 3.63) is 36.7 Å². The summed E-state index contributed by atoms with van der Waals surface area (Å²) >= 11 is 0. The number of amides is 1. The summed E-state index contributed by atoms with van der Waals surface area (Å²) in [6, 6.07) is 8.18. The molecule has 0 bridgehead atoms. The van der Waals surface area contributed by atoms with Crippen LogP contribution in [0.25, 0.3) is 11.1 Å². The summed E-state index contributed by atoms with van der Waals surface area (Å²) in [5.74, 6) is 0.613. The van der Waals surface area contributed by atoms with Crippen molar-refractivity contribution >= 4 is 5.91 Å². The molecule has 1 N–H and O–H groups in total. The molecule has 1 amide bonds. The van der Waals surface area contributed by atoms with Gasteiger partial charge in [-0.25, -0.2) is 0 Å². The number of likely N-dealkylation sites (tertiary alicyclic amines) is 1. The Kier molecular flexibility index (Phi) is 5.71. The number of carbonyl (C=O) groups is 1. The Morgan fingerprint density at radius 3 is 3.04 bits per heavy atom. The monoisotopic (exact) mass is 342 g/mol. The number of hydrogen-bond acceptors (Lipinski definition) is 4. The highest BCUT2D eigenvalue weighted by molar-refractivity contribution is 5.77. The minimum atomic E-state index is -0.0743. The second kappa shape index (κ2) is 8.16. The van der Waals surface area contributed by atoms with Crippen LogP contribution in [-0.2, 0) is 11.8 Å². The van der Waals surface area contributed by atoms with Crippen molar-refractivity contribution in [3.63, 3.8) is 0 Å². The predicted octanol–water partition coefficient (Wildman–Crippen LogP) is 2.07. The number of rotatable bonds is 7. The summed E-state index contributed by atoms with van der Waals surface area (Å²) in [6.07, 6.45) is 6.13. The second-order valence-corrected chi connectivity index (χ2v) is 6.45. The molecule has 1 unspecified atom stereocenters. The third-order valence-electron chi connectivity index (χ3n) is 4.68. The molecular formula is C19H26N4O2. The lowest BCUT2D eigenvalue weighted by atomic mass is 10.1. The van der Waals surface area contributed by atoms with Gasteiger partial charge in [0.15, 0.2) is 6.61 Å². The van der Waals surface area contributed by atoms with E-state index in [4.69, 9.17) is 4.74 Å². The van der Waals surface area contributed by atoms with Gasteiger partial charge in [-0.2, -0.15) is 5.10 Å². The van der Waals surface area contributed by atoms with E-state index in [0.29, 0.717) is 18.3 Å². The van der Waals surface area contributed by atoms with Gasteiger partial charge < -0.3 is 10.1 Å². The third-order valence-corrected chi connectivity index (χ3v) is 4.68. The molecule has 2 aromatic rings. The number of carbonyl (C=O) groups excluding carboxylic acids is 1. The van der Waals surface area contributed by atoms with Crippen LogP contribution in [0.4, 0.5) is 0 Å². The van der Waals surface area contributed by atoms with Crippen molar-refractivity contribution in [2.75, 3.05) is 26.2 Å². The minimum absolute atomic E-state index is 0.0370. The molecule has 3 rings (SSSR count). The van der Waals surface area contributed by atoms with Crippen LogP contribution < -0.4 is 10.1 Å². The third kappa shape index (κ3) is 4.60. The molecule has 6 nitrogen and oxygen atoms in total. The fraction of sp³-hybridized carbons (Fsp3) is 0.474. The standard InChI is InChI=1S/C19H26N4O2/c1-3-23-9-5-7-17(23)12-20-19(24)14-25-18-8-4-6-15(10-18)16-11-21-22(2)13-16/h4,6,8,10-11,13,17H,3,5,7,9,12,14H2,1-2H3,(H,20,24). The van der Waals surface area contributed by atoms with E-state index in [2.05, 4.69) is 22.2 Å². The lowest BCUT2D eigenvalue weighted by Crippen LogP contribution is -2.41. The molecule has 0 aliphatic carbocycles. The van der Waals surface area contributed by atoms with Crippen LogP contribution in [0.15, 0.2) is 36.7 Å². The zero-order valence-corrected chi connectivity index (χ0v) is 14.9. The number of nitrogens with one attached hydrogen (secondary N) is 1. The summed E-state index contributed by atoms with van der Waals surface area (Å²) < 4.78 is 7.42. The van der Waals surface area contributed by atoms with Crippen molar-refractivity contribution in [1.29, 1.82) is 0 Å². The molecule has 2 heterocycles. The summed E-state index contributed by atoms with van der Waals surface area (Å²) in [5.41, 5.74) is 2.05. The maximum atomic E-state index is 12.1. The average Bonchev–Trinajstić information content (AvgIpc) is 3.27. The first kappa shape index (κ1) is 17.5. The first-order chi connectivity index (χ1) is 12.2. The lowest BCUT2D eigenvalue weighted by molar-refractivity contribution is -0.123. The number of aromatic nitrogens is 2. The largest absolute Gasteiger partial charge is 0.484 e. The Bertz CT molecular complexity index is 713. The highest BCUT2D eigenvalue weighted by Gasteiger charge is 2.23. The minimum Gasteiger partial charge on any atom is -0.484 e. The zero-order valence-electron chi connectivity index (χ0n) is 14.9. The van der Waals surface area contributed by atoms with Gasteiger partial charge in [-0.15, -0.1) is 0 Å². The van der Waals surface area contributed by atoms with Gasteiger partial charge in [-0.05, 0) is 43.6 Å². The van der Waals surface area contributed by atoms with Gasteiger partial charge in [-0.3, -0.25) is 14.4 Å². The van der Waals surface area contributed by atoms with Crippen LogP contribution >= 0.6 is 0 Å². The van der Waals surface area contributed by atoms with Gasteiger partial charge in [0.25, 0.3) is 5.91 Å². The Morgan fingerprint density at radius 1 is 1.40 bits per heavy atom. The van der Waals surface area contributed by atoms with Gasteiger partial charge in [0, 0.05) is 31.4 Å². The van der Waals surface area contributed by atoms with Gasteiger partial charge in [-0.1, -0.05) is 19.1 Å². The maximum absolute atomic E-state index is 12.1. The topological polar surface area (TPSA) is 59.4 Å². The van der Waals surface area contributed by atoms with Gasteiger partial charge in [0.2, 0.25) is 0 Å². The van der Waals surface area contributed by atoms with Crippen molar-refractivity contribution in [2.24, 2.45) is 7.05 Å². The highest BCUT2D eigenvalue weighted by Crippen LogP contribution is 2.23. The van der Waals surface area contributed by atoms with E-state index in [1.165, 1.54) is 6.42 Å². The molecule has 1 aromatic carbocycles. The van der Waals surface area contributed by atoms with Crippen LogP contribution in [0.2, 0.25) is 0 Å². The fourth-order valence-electron chi connectivity index (χ4n) is 3.31. The molecule has 1 aromatic heterocycles. The quantitative estimate of drug-likeness (QED) is 0.837. The fourth-order valence-corrected chi connectivity index (χ4v) is 3.31. The van der Waals surface area contributed by atoms with Crippen molar-refractivity contribution in [1.82, 2.24) is 20.0 Å². The van der Waals surface area contributed by atoms with Crippen LogP contribution in [0.1, 0.15) is 19.8 Å². The smallest absolute Gasteiger partial charge is 0.257 e. The number of benzene rings is 1. The van der Waals surface area contributed by atoms with E-state index in [0.717, 1.165) is 30.6 Å². The molecule has 1 aliphatic rings. The summed E-state index contributed by atoms with van der Waals surface area (Å²) in [7, 11) is 1.89. The Morgan fingerprint density at radius 2 is 2.28 bits per heavy atom. The molecule has 25 heavy (non-hydrogen) atoms. The Labute approximate surface area is 148 Å². The molecule has 1 aliphatic heterocycles. The average molecular weight is 342 g/mol. The number of nitrogens with zero attached hydrogens (tertiary/aromatic N) is 3. The lowest BCUT2D eigenvalue weighted by Gasteiger charge is -2.22. The Balaban J connectivity index is 1.49. The van der Waals surface area contributed by atoms with Crippen LogP contribution in [-0.4, -0.2) is 52.9 Å². The molecule has 1 saturated heterocycles. The van der Waals surface area contributed by atoms with E-state index in [1.807, 2.05) is 43.7 Å². The van der Waals surface area contributed by atoms with Crippen LogP contribution in [0, 0.1) is 0 Å². The molecule has 0 spiro atoms. The second-order valence-electron chi connectivity index (χ2n) is 6.45. The highest BCUT2D eigenvalue weighted by atomic mass is 16.5. The van der Waals surface area contributed by atoms with Crippen molar-refractivity contribution in [2.45, 2.75) is 25.8 Å². The van der Waals surface area contributed by atoms with Crippen molar-refractivity contribution in [3.8, 4) is 16.9 Å². The van der Waals surface area contributed by atoms with Gasteiger partial charge in [0.05, 0.1) is 6.20 Å². The maximum Gasteiger partial charge on any atom is 0.257 e. The van der Waals surface area contributed by atoms with E-state index in [1.54, 1.807) is 4.68 Å². The molecule has 1 atom stereocenters. The summed E-state index contributed by atoms with van der Waals surface area (Å²) in [6.45, 7) is 5.08. The molecule has 0 radical (unpaired) electrons. The zero-order chi connectivity index (χ0) is 17.6. The molecule has 1 fully saturated rings. The van der Waals surface area contributed by atoms with Crippen LogP contribution in [0.5, 0.6) is 5.75 Å². The summed E-state index contributed by atoms with van der Waals surface area (Å²) in [4.78, 5) is 14.5. The van der Waals surface area contributed by atoms with Gasteiger partial charge in [0.1, 0.15) is 5.75 Å². The van der Waals surface area contributed by atoms with E-state index >= 15 is 0 Å². The SMILES string of the molecule is CCN1CCCC1CNC(=O)COc1cccc(-c2cnn(C)c2)c1. The molecule has 6 heteroatoms. The molecule has 0 saturated carbocycles. The predicted molar refractivity (Wildman–Crippen MR) is 97.4 cm³/mol. The first-order valence-corrected chi connectivity index (χ1v) is 8.88. The number of aryl methyl sites for hydroxylation is 1. The summed E-state index contributed by atoms with van der Waals surface area (Å²) in [5, 5.41) is 7.17. The molecule has 134 valence electrons.